The van der Waals surface area contributed by atoms with Crippen LogP contribution in [0, 0.1) is 5.92 Å². The normalized spacial score (nSPS) is 13.8. The molecule has 0 fully saturated rings. The van der Waals surface area contributed by atoms with Crippen molar-refractivity contribution in [1.82, 2.24) is 10.2 Å². The summed E-state index contributed by atoms with van der Waals surface area (Å²) in [4.78, 5) is 2.25. The molecular weight excluding hydrogens is 192 g/mol. The lowest BCUT2D eigenvalue weighted by molar-refractivity contribution is 0.0832. The molecule has 0 saturated carbocycles. The standard InChI is InChI=1S/C11H26N2O2/c1-10(2)8-13(5-6-15-4)9-11(14)7-12-3/h10-12,14H,5-9H2,1-4H3. The van der Waals surface area contributed by atoms with Crippen molar-refractivity contribution in [2.75, 3.05) is 46.9 Å². The zero-order valence-electron chi connectivity index (χ0n) is 10.5. The number of likely N-dealkylation sites (N-methyl/N-ethyl adjacent to an activating group) is 1. The summed E-state index contributed by atoms with van der Waals surface area (Å²) in [5.41, 5.74) is 0. The number of aliphatic hydroxyl groups is 1. The number of rotatable bonds is 9. The van der Waals surface area contributed by atoms with Crippen molar-refractivity contribution in [2.24, 2.45) is 5.92 Å². The monoisotopic (exact) mass is 218 g/mol. The molecule has 0 saturated heterocycles. The fourth-order valence-electron chi connectivity index (χ4n) is 1.59. The van der Waals surface area contributed by atoms with Gasteiger partial charge in [-0.3, -0.25) is 4.90 Å². The highest BCUT2D eigenvalue weighted by molar-refractivity contribution is 4.67. The number of nitrogens with zero attached hydrogens (tertiary/aromatic N) is 1. The molecule has 0 amide bonds. The smallest absolute Gasteiger partial charge is 0.0791 e. The second-order valence-electron chi connectivity index (χ2n) is 4.36. The molecule has 4 nitrogen and oxygen atoms in total. The minimum Gasteiger partial charge on any atom is -0.390 e. The fraction of sp³-hybridized carbons (Fsp3) is 1.00. The summed E-state index contributed by atoms with van der Waals surface area (Å²) in [6, 6.07) is 0. The van der Waals surface area contributed by atoms with Gasteiger partial charge in [0.15, 0.2) is 0 Å². The Kier molecular flexibility index (Phi) is 9.00. The van der Waals surface area contributed by atoms with Crippen molar-refractivity contribution < 1.29 is 9.84 Å². The minimum atomic E-state index is -0.300. The van der Waals surface area contributed by atoms with Gasteiger partial charge < -0.3 is 15.2 Å². The Bertz CT molecular complexity index is 143. The molecule has 0 aliphatic carbocycles. The van der Waals surface area contributed by atoms with Crippen LogP contribution in [0.5, 0.6) is 0 Å². The summed E-state index contributed by atoms with van der Waals surface area (Å²) in [5, 5.41) is 12.7. The van der Waals surface area contributed by atoms with E-state index in [9.17, 15) is 5.11 Å². The predicted octanol–water partition coefficient (Wildman–Crippen LogP) is 0.171. The van der Waals surface area contributed by atoms with Crippen LogP contribution >= 0.6 is 0 Å². The average molecular weight is 218 g/mol. The topological polar surface area (TPSA) is 44.7 Å². The molecule has 2 N–H and O–H groups in total. The lowest BCUT2D eigenvalue weighted by Crippen LogP contribution is -2.40. The van der Waals surface area contributed by atoms with Gasteiger partial charge in [0, 0.05) is 33.3 Å². The van der Waals surface area contributed by atoms with Gasteiger partial charge in [-0.1, -0.05) is 13.8 Å². The first kappa shape index (κ1) is 14.8. The molecule has 0 spiro atoms. The lowest BCUT2D eigenvalue weighted by atomic mass is 10.2. The highest BCUT2D eigenvalue weighted by atomic mass is 16.5. The van der Waals surface area contributed by atoms with E-state index in [-0.39, 0.29) is 6.10 Å². The molecule has 0 rings (SSSR count). The van der Waals surface area contributed by atoms with Gasteiger partial charge in [0.25, 0.3) is 0 Å². The SMILES string of the molecule is CNCC(O)CN(CCOC)CC(C)C. The van der Waals surface area contributed by atoms with Crippen molar-refractivity contribution >= 4 is 0 Å². The minimum absolute atomic E-state index is 0.300. The Morgan fingerprint density at radius 2 is 2.00 bits per heavy atom. The molecular formula is C11H26N2O2. The Balaban J connectivity index is 3.87. The third-order valence-corrected chi connectivity index (χ3v) is 2.14. The highest BCUT2D eigenvalue weighted by Gasteiger charge is 2.12. The Morgan fingerprint density at radius 1 is 1.33 bits per heavy atom. The van der Waals surface area contributed by atoms with Gasteiger partial charge >= 0.3 is 0 Å². The number of nitrogens with one attached hydrogen (secondary N) is 1. The van der Waals surface area contributed by atoms with E-state index >= 15 is 0 Å². The van der Waals surface area contributed by atoms with E-state index in [1.807, 2.05) is 7.05 Å². The van der Waals surface area contributed by atoms with E-state index < -0.39 is 0 Å². The maximum Gasteiger partial charge on any atom is 0.0791 e. The molecule has 1 unspecified atom stereocenters. The largest absolute Gasteiger partial charge is 0.390 e. The third kappa shape index (κ3) is 8.81. The maximum absolute atomic E-state index is 9.69. The number of aliphatic hydroxyl groups excluding tert-OH is 1. The second kappa shape index (κ2) is 9.09. The zero-order valence-corrected chi connectivity index (χ0v) is 10.5. The molecule has 0 bridgehead atoms. The lowest BCUT2D eigenvalue weighted by Gasteiger charge is -2.26. The summed E-state index contributed by atoms with van der Waals surface area (Å²) in [6.45, 7) is 8.33. The Morgan fingerprint density at radius 3 is 2.47 bits per heavy atom. The first-order valence-electron chi connectivity index (χ1n) is 5.64. The fourth-order valence-corrected chi connectivity index (χ4v) is 1.59. The first-order valence-corrected chi connectivity index (χ1v) is 5.64. The molecule has 4 heteroatoms. The van der Waals surface area contributed by atoms with Crippen LogP contribution in [0.2, 0.25) is 0 Å². The van der Waals surface area contributed by atoms with E-state index in [1.54, 1.807) is 7.11 Å². The van der Waals surface area contributed by atoms with Crippen molar-refractivity contribution in [2.45, 2.75) is 20.0 Å². The summed E-state index contributed by atoms with van der Waals surface area (Å²) in [7, 11) is 3.56. The van der Waals surface area contributed by atoms with Gasteiger partial charge in [0.05, 0.1) is 12.7 Å². The molecule has 92 valence electrons. The van der Waals surface area contributed by atoms with Gasteiger partial charge in [-0.15, -0.1) is 0 Å². The van der Waals surface area contributed by atoms with Crippen molar-refractivity contribution in [3.8, 4) is 0 Å². The first-order chi connectivity index (χ1) is 7.10. The highest BCUT2D eigenvalue weighted by Crippen LogP contribution is 2.00. The Hall–Kier alpha value is -0.160. The van der Waals surface area contributed by atoms with Crippen LogP contribution in [0.25, 0.3) is 0 Å². The molecule has 0 aliphatic rings. The number of ether oxygens (including phenoxy) is 1. The van der Waals surface area contributed by atoms with E-state index in [4.69, 9.17) is 4.74 Å². The van der Waals surface area contributed by atoms with Gasteiger partial charge in [-0.25, -0.2) is 0 Å². The number of methoxy groups -OCH3 is 1. The molecule has 15 heavy (non-hydrogen) atoms. The number of hydrogen-bond acceptors (Lipinski definition) is 4. The summed E-state index contributed by atoms with van der Waals surface area (Å²) >= 11 is 0. The van der Waals surface area contributed by atoms with Crippen LogP contribution in [0.4, 0.5) is 0 Å². The van der Waals surface area contributed by atoms with Gasteiger partial charge in [-0.2, -0.15) is 0 Å². The molecule has 1 atom stereocenters. The van der Waals surface area contributed by atoms with E-state index in [0.717, 1.165) is 19.7 Å². The quantitative estimate of drug-likeness (QED) is 0.579. The Labute approximate surface area is 93.6 Å². The van der Waals surface area contributed by atoms with Crippen molar-refractivity contribution in [3.05, 3.63) is 0 Å². The molecule has 0 aromatic rings. The van der Waals surface area contributed by atoms with E-state index in [2.05, 4.69) is 24.1 Å². The van der Waals surface area contributed by atoms with Crippen LogP contribution in [0.1, 0.15) is 13.8 Å². The van der Waals surface area contributed by atoms with Crippen LogP contribution in [-0.4, -0.2) is 63.1 Å². The van der Waals surface area contributed by atoms with Crippen LogP contribution < -0.4 is 5.32 Å². The average Bonchev–Trinajstić information content (AvgIpc) is 2.13. The summed E-state index contributed by atoms with van der Waals surface area (Å²) < 4.78 is 5.06. The van der Waals surface area contributed by atoms with Crippen LogP contribution in [0.3, 0.4) is 0 Å². The van der Waals surface area contributed by atoms with Gasteiger partial charge in [0.1, 0.15) is 0 Å². The molecule has 0 aliphatic heterocycles. The molecule has 0 heterocycles. The third-order valence-electron chi connectivity index (χ3n) is 2.14. The van der Waals surface area contributed by atoms with Crippen molar-refractivity contribution in [1.29, 1.82) is 0 Å². The maximum atomic E-state index is 9.69. The van der Waals surface area contributed by atoms with Crippen LogP contribution in [-0.2, 0) is 4.74 Å². The molecule has 0 aromatic heterocycles. The summed E-state index contributed by atoms with van der Waals surface area (Å²) in [5.74, 6) is 0.614. The molecule has 0 radical (unpaired) electrons. The molecule has 0 aromatic carbocycles. The predicted molar refractivity (Wildman–Crippen MR) is 63.1 cm³/mol. The van der Waals surface area contributed by atoms with Gasteiger partial charge in [0.2, 0.25) is 0 Å². The van der Waals surface area contributed by atoms with E-state index in [0.29, 0.717) is 19.0 Å². The van der Waals surface area contributed by atoms with E-state index in [1.165, 1.54) is 0 Å². The van der Waals surface area contributed by atoms with Gasteiger partial charge in [-0.05, 0) is 13.0 Å². The zero-order chi connectivity index (χ0) is 11.7. The van der Waals surface area contributed by atoms with Crippen molar-refractivity contribution in [3.63, 3.8) is 0 Å². The second-order valence-corrected chi connectivity index (χ2v) is 4.36. The number of hydrogen-bond donors (Lipinski definition) is 2. The van der Waals surface area contributed by atoms with Crippen LogP contribution in [0.15, 0.2) is 0 Å². The summed E-state index contributed by atoms with van der Waals surface area (Å²) in [6.07, 6.45) is -0.300.